The smallest absolute Gasteiger partial charge is 0.263 e. The first-order chi connectivity index (χ1) is 12.5. The van der Waals surface area contributed by atoms with Gasteiger partial charge >= 0.3 is 0 Å². The summed E-state index contributed by atoms with van der Waals surface area (Å²) in [5.74, 6) is 0.413. The zero-order chi connectivity index (χ0) is 18.9. The molecule has 0 N–H and O–H groups in total. The van der Waals surface area contributed by atoms with Crippen LogP contribution in [0.4, 0.5) is 0 Å². The number of hydrogen-bond donors (Lipinski definition) is 0. The zero-order valence-electron chi connectivity index (χ0n) is 14.5. The van der Waals surface area contributed by atoms with Gasteiger partial charge in [-0.15, -0.1) is 0 Å². The molecule has 1 atom stereocenters. The normalized spacial score (nSPS) is 11.5. The molecule has 0 saturated heterocycles. The van der Waals surface area contributed by atoms with E-state index < -0.39 is 6.10 Å². The topological polar surface area (TPSA) is 53.3 Å². The highest BCUT2D eigenvalue weighted by atomic mass is 79.9. The molecule has 136 valence electrons. The third kappa shape index (κ3) is 6.05. The molecule has 0 fully saturated rings. The number of rotatable bonds is 8. The lowest BCUT2D eigenvalue weighted by molar-refractivity contribution is -0.137. The molecule has 26 heavy (non-hydrogen) atoms. The van der Waals surface area contributed by atoms with Gasteiger partial charge < -0.3 is 9.64 Å². The van der Waals surface area contributed by atoms with Crippen molar-refractivity contribution >= 4 is 33.4 Å². The molecule has 0 saturated carbocycles. The summed E-state index contributed by atoms with van der Waals surface area (Å²) in [6.07, 6.45) is 0.356. The van der Waals surface area contributed by atoms with Crippen molar-refractivity contribution in [3.8, 4) is 11.8 Å². The molecule has 1 unspecified atom stereocenters. The number of benzene rings is 2. The number of carbonyl (C=O) groups is 1. The maximum atomic E-state index is 12.8. The molecule has 0 aliphatic heterocycles. The van der Waals surface area contributed by atoms with Crippen molar-refractivity contribution in [2.45, 2.75) is 25.9 Å². The third-order valence-corrected chi connectivity index (χ3v) is 4.72. The minimum Gasteiger partial charge on any atom is -0.480 e. The van der Waals surface area contributed by atoms with Crippen LogP contribution in [0.3, 0.4) is 0 Å². The highest BCUT2D eigenvalue weighted by Gasteiger charge is 2.22. The molecule has 2 rings (SSSR count). The second kappa shape index (κ2) is 10.2. The molecule has 4 nitrogen and oxygen atoms in total. The monoisotopic (exact) mass is 434 g/mol. The van der Waals surface area contributed by atoms with Crippen molar-refractivity contribution in [2.75, 3.05) is 13.1 Å². The molecule has 2 aromatic carbocycles. The number of carbonyl (C=O) groups excluding carboxylic acids is 1. The second-order valence-electron chi connectivity index (χ2n) is 5.80. The van der Waals surface area contributed by atoms with Crippen molar-refractivity contribution in [2.24, 2.45) is 0 Å². The molecule has 0 spiro atoms. The summed E-state index contributed by atoms with van der Waals surface area (Å²) in [7, 11) is 0. The van der Waals surface area contributed by atoms with Gasteiger partial charge in [-0.2, -0.15) is 5.26 Å². The van der Waals surface area contributed by atoms with Crippen molar-refractivity contribution in [3.05, 3.63) is 63.6 Å². The summed E-state index contributed by atoms with van der Waals surface area (Å²) in [6, 6.07) is 17.2. The Balaban J connectivity index is 2.03. The fourth-order valence-corrected chi connectivity index (χ4v) is 3.27. The molecule has 6 heteroatoms. The van der Waals surface area contributed by atoms with E-state index in [2.05, 4.69) is 22.0 Å². The lowest BCUT2D eigenvalue weighted by atomic mass is 10.1. The van der Waals surface area contributed by atoms with E-state index in [1.807, 2.05) is 30.3 Å². The van der Waals surface area contributed by atoms with Gasteiger partial charge in [-0.05, 0) is 53.0 Å². The highest BCUT2D eigenvalue weighted by Crippen LogP contribution is 2.29. The Labute approximate surface area is 167 Å². The predicted molar refractivity (Wildman–Crippen MR) is 106 cm³/mol. The maximum absolute atomic E-state index is 12.8. The van der Waals surface area contributed by atoms with Gasteiger partial charge in [-0.1, -0.05) is 41.9 Å². The van der Waals surface area contributed by atoms with E-state index in [0.717, 1.165) is 12.0 Å². The van der Waals surface area contributed by atoms with Crippen molar-refractivity contribution < 1.29 is 9.53 Å². The number of ether oxygens (including phenoxy) is 1. The molecular weight excluding hydrogens is 416 g/mol. The molecule has 0 aliphatic carbocycles. The van der Waals surface area contributed by atoms with Crippen molar-refractivity contribution in [1.82, 2.24) is 4.90 Å². The highest BCUT2D eigenvalue weighted by molar-refractivity contribution is 9.10. The maximum Gasteiger partial charge on any atom is 0.263 e. The third-order valence-electron chi connectivity index (χ3n) is 3.86. The average molecular weight is 436 g/mol. The van der Waals surface area contributed by atoms with E-state index in [4.69, 9.17) is 21.6 Å². The van der Waals surface area contributed by atoms with E-state index in [0.29, 0.717) is 28.3 Å². The van der Waals surface area contributed by atoms with E-state index in [1.165, 1.54) is 0 Å². The van der Waals surface area contributed by atoms with Crippen LogP contribution in [0.25, 0.3) is 0 Å². The largest absolute Gasteiger partial charge is 0.480 e. The van der Waals surface area contributed by atoms with Crippen LogP contribution >= 0.6 is 27.5 Å². The number of nitriles is 1. The van der Waals surface area contributed by atoms with Gasteiger partial charge in [-0.25, -0.2) is 0 Å². The van der Waals surface area contributed by atoms with Gasteiger partial charge in [0, 0.05) is 18.1 Å². The van der Waals surface area contributed by atoms with Crippen LogP contribution in [0.1, 0.15) is 18.9 Å². The summed E-state index contributed by atoms with van der Waals surface area (Å²) in [5, 5.41) is 9.47. The molecule has 0 aliphatic rings. The zero-order valence-corrected chi connectivity index (χ0v) is 16.8. The second-order valence-corrected chi connectivity index (χ2v) is 7.09. The van der Waals surface area contributed by atoms with Crippen LogP contribution in [-0.4, -0.2) is 30.0 Å². The van der Waals surface area contributed by atoms with Gasteiger partial charge in [0.1, 0.15) is 5.75 Å². The van der Waals surface area contributed by atoms with Crippen molar-refractivity contribution in [3.63, 3.8) is 0 Å². The lowest BCUT2D eigenvalue weighted by Gasteiger charge is -2.25. The minimum atomic E-state index is -0.665. The fourth-order valence-electron chi connectivity index (χ4n) is 2.49. The molecule has 0 aromatic heterocycles. The Bertz CT molecular complexity index is 777. The first-order valence-corrected chi connectivity index (χ1v) is 9.49. The summed E-state index contributed by atoms with van der Waals surface area (Å²) >= 11 is 9.32. The fraction of sp³-hybridized carbons (Fsp3) is 0.300. The van der Waals surface area contributed by atoms with Gasteiger partial charge in [0.2, 0.25) is 0 Å². The number of amides is 1. The van der Waals surface area contributed by atoms with Crippen LogP contribution in [0.5, 0.6) is 5.75 Å². The minimum absolute atomic E-state index is 0.141. The first-order valence-electron chi connectivity index (χ1n) is 8.32. The number of hydrogen-bond acceptors (Lipinski definition) is 3. The van der Waals surface area contributed by atoms with Gasteiger partial charge in [0.25, 0.3) is 5.91 Å². The van der Waals surface area contributed by atoms with E-state index in [1.54, 1.807) is 30.0 Å². The summed E-state index contributed by atoms with van der Waals surface area (Å²) in [6.45, 7) is 2.64. The first kappa shape index (κ1) is 20.3. The standard InChI is InChI=1S/C20H20BrClN2O2/c1-15(26-19-9-8-17(22)14-18(19)21)20(25)24(12-5-11-23)13-10-16-6-3-2-4-7-16/h2-4,6-9,14-15H,5,10,12-13H2,1H3. The Morgan fingerprint density at radius 2 is 2.00 bits per heavy atom. The van der Waals surface area contributed by atoms with E-state index in [-0.39, 0.29) is 12.3 Å². The molecule has 0 heterocycles. The molecule has 0 radical (unpaired) electrons. The van der Waals surface area contributed by atoms with E-state index in [9.17, 15) is 4.79 Å². The van der Waals surface area contributed by atoms with Crippen LogP contribution in [0.2, 0.25) is 5.02 Å². The van der Waals surface area contributed by atoms with Crippen LogP contribution in [0, 0.1) is 11.3 Å². The lowest BCUT2D eigenvalue weighted by Crippen LogP contribution is -2.42. The number of nitrogens with zero attached hydrogens (tertiary/aromatic N) is 2. The van der Waals surface area contributed by atoms with Crippen LogP contribution < -0.4 is 4.74 Å². The Morgan fingerprint density at radius 1 is 1.27 bits per heavy atom. The Morgan fingerprint density at radius 3 is 2.65 bits per heavy atom. The quantitative estimate of drug-likeness (QED) is 0.595. The summed E-state index contributed by atoms with van der Waals surface area (Å²) in [5.41, 5.74) is 1.15. The number of halogens is 2. The van der Waals surface area contributed by atoms with Crippen LogP contribution in [-0.2, 0) is 11.2 Å². The predicted octanol–water partition coefficient (Wildman–Crippen LogP) is 4.85. The molecule has 0 bridgehead atoms. The van der Waals surface area contributed by atoms with Gasteiger partial charge in [-0.3, -0.25) is 4.79 Å². The van der Waals surface area contributed by atoms with E-state index >= 15 is 0 Å². The van der Waals surface area contributed by atoms with Crippen LogP contribution in [0.15, 0.2) is 53.0 Å². The summed E-state index contributed by atoms with van der Waals surface area (Å²) in [4.78, 5) is 14.5. The summed E-state index contributed by atoms with van der Waals surface area (Å²) < 4.78 is 6.49. The average Bonchev–Trinajstić information content (AvgIpc) is 2.64. The molecular formula is C20H20BrClN2O2. The molecule has 1 amide bonds. The Kier molecular flexibility index (Phi) is 7.96. The Hall–Kier alpha value is -2.03. The van der Waals surface area contributed by atoms with Crippen molar-refractivity contribution in [1.29, 1.82) is 5.26 Å². The molecule has 2 aromatic rings. The van der Waals surface area contributed by atoms with Gasteiger partial charge in [0.15, 0.2) is 6.10 Å². The SMILES string of the molecule is CC(Oc1ccc(Cl)cc1Br)C(=O)N(CCC#N)CCc1ccccc1. The van der Waals surface area contributed by atoms with Gasteiger partial charge in [0.05, 0.1) is 17.0 Å².